The highest BCUT2D eigenvalue weighted by molar-refractivity contribution is 6.31. The number of nitrogens with one attached hydrogen (secondary N) is 1. The highest BCUT2D eigenvalue weighted by Crippen LogP contribution is 2.31. The summed E-state index contributed by atoms with van der Waals surface area (Å²) in [5, 5.41) is 14.4. The first-order valence-electron chi connectivity index (χ1n) is 10.5. The maximum absolute atomic E-state index is 12.6. The van der Waals surface area contributed by atoms with E-state index in [1.54, 1.807) is 6.07 Å². The molecule has 2 heterocycles. The summed E-state index contributed by atoms with van der Waals surface area (Å²) >= 11 is 6.15. The second-order valence-electron chi connectivity index (χ2n) is 7.79. The molecule has 1 aliphatic rings. The van der Waals surface area contributed by atoms with Gasteiger partial charge in [-0.25, -0.2) is 4.79 Å². The van der Waals surface area contributed by atoms with Gasteiger partial charge in [0, 0.05) is 37.1 Å². The molecule has 32 heavy (non-hydrogen) atoms. The number of nitro groups is 1. The Morgan fingerprint density at radius 3 is 2.69 bits per heavy atom. The summed E-state index contributed by atoms with van der Waals surface area (Å²) in [6.07, 6.45) is 4.04. The summed E-state index contributed by atoms with van der Waals surface area (Å²) in [4.78, 5) is 37.4. The molecule has 0 unspecified atom stereocenters. The number of non-ortho nitro benzene ring substituents is 1. The number of carbonyl (C=O) groups excluding carboxylic acids is 1. The van der Waals surface area contributed by atoms with E-state index in [1.807, 2.05) is 12.1 Å². The largest absolute Gasteiger partial charge is 0.419 e. The smallest absolute Gasteiger partial charge is 0.407 e. The molecule has 0 aliphatic carbocycles. The standard InChI is InChI=1S/C22H23ClN4O5/c23-15-6-8-18(25-10-2-1-3-11-25)17(13-15)24-21(28)5-4-12-26-19-9-7-16(27(30)31)14-20(19)32-22(26)29/h6-9,13-14H,1-5,10-12H2,(H,24,28). The molecule has 0 radical (unpaired) electrons. The summed E-state index contributed by atoms with van der Waals surface area (Å²) < 4.78 is 6.50. The number of piperidine rings is 1. The molecule has 1 N–H and O–H groups in total. The van der Waals surface area contributed by atoms with E-state index in [0.717, 1.165) is 31.6 Å². The number of oxazole rings is 1. The Balaban J connectivity index is 1.41. The Morgan fingerprint density at radius 1 is 1.16 bits per heavy atom. The first kappa shape index (κ1) is 21.9. The Hall–Kier alpha value is -3.33. The average Bonchev–Trinajstić information content (AvgIpc) is 3.09. The predicted molar refractivity (Wildman–Crippen MR) is 123 cm³/mol. The second kappa shape index (κ2) is 9.44. The highest BCUT2D eigenvalue weighted by atomic mass is 35.5. The third kappa shape index (κ3) is 4.77. The molecule has 1 aliphatic heterocycles. The number of anilines is 2. The van der Waals surface area contributed by atoms with Crippen LogP contribution < -0.4 is 16.0 Å². The van der Waals surface area contributed by atoms with E-state index in [2.05, 4.69) is 10.2 Å². The molecular weight excluding hydrogens is 436 g/mol. The van der Waals surface area contributed by atoms with E-state index in [4.69, 9.17) is 16.0 Å². The van der Waals surface area contributed by atoms with Crippen LogP contribution in [0.3, 0.4) is 0 Å². The topological polar surface area (TPSA) is 111 Å². The van der Waals surface area contributed by atoms with Crippen LogP contribution >= 0.6 is 11.6 Å². The third-order valence-electron chi connectivity index (χ3n) is 5.58. The zero-order valence-corrected chi connectivity index (χ0v) is 18.1. The van der Waals surface area contributed by atoms with Crippen LogP contribution in [0, 0.1) is 10.1 Å². The molecule has 9 nitrogen and oxygen atoms in total. The van der Waals surface area contributed by atoms with Crippen molar-refractivity contribution in [1.29, 1.82) is 0 Å². The number of nitrogens with zero attached hydrogens (tertiary/aromatic N) is 3. The summed E-state index contributed by atoms with van der Waals surface area (Å²) in [6, 6.07) is 9.53. The third-order valence-corrected chi connectivity index (χ3v) is 5.81. The van der Waals surface area contributed by atoms with Gasteiger partial charge in [-0.15, -0.1) is 0 Å². The molecule has 1 amide bonds. The zero-order chi connectivity index (χ0) is 22.7. The van der Waals surface area contributed by atoms with E-state index < -0.39 is 10.7 Å². The Morgan fingerprint density at radius 2 is 1.94 bits per heavy atom. The number of carbonyl (C=O) groups is 1. The highest BCUT2D eigenvalue weighted by Gasteiger charge is 2.17. The first-order valence-corrected chi connectivity index (χ1v) is 10.9. The number of fused-ring (bicyclic) bond motifs is 1. The van der Waals surface area contributed by atoms with Crippen molar-refractivity contribution < 1.29 is 14.1 Å². The summed E-state index contributed by atoms with van der Waals surface area (Å²) in [6.45, 7) is 2.14. The molecule has 3 aromatic rings. The van der Waals surface area contributed by atoms with Crippen LogP contribution in [0.2, 0.25) is 5.02 Å². The minimum Gasteiger partial charge on any atom is -0.407 e. The number of aryl methyl sites for hydroxylation is 1. The number of hydrogen-bond acceptors (Lipinski definition) is 6. The van der Waals surface area contributed by atoms with E-state index in [1.165, 1.54) is 29.2 Å². The lowest BCUT2D eigenvalue weighted by atomic mass is 10.1. The minimum absolute atomic E-state index is 0.149. The lowest BCUT2D eigenvalue weighted by Gasteiger charge is -2.30. The number of aromatic nitrogens is 1. The fourth-order valence-electron chi connectivity index (χ4n) is 4.01. The Labute approximate surface area is 188 Å². The Kier molecular flexibility index (Phi) is 6.45. The van der Waals surface area contributed by atoms with Gasteiger partial charge in [0.25, 0.3) is 5.69 Å². The van der Waals surface area contributed by atoms with Crippen LogP contribution in [0.4, 0.5) is 17.1 Å². The van der Waals surface area contributed by atoms with Gasteiger partial charge in [0.1, 0.15) is 0 Å². The molecule has 0 saturated carbocycles. The van der Waals surface area contributed by atoms with Gasteiger partial charge in [-0.1, -0.05) is 11.6 Å². The van der Waals surface area contributed by atoms with Gasteiger partial charge in [-0.2, -0.15) is 0 Å². The van der Waals surface area contributed by atoms with Gasteiger partial charge in [0.2, 0.25) is 5.91 Å². The van der Waals surface area contributed by atoms with Crippen LogP contribution in [-0.2, 0) is 11.3 Å². The van der Waals surface area contributed by atoms with Crippen LogP contribution in [0.1, 0.15) is 32.1 Å². The number of rotatable bonds is 7. The molecule has 168 valence electrons. The second-order valence-corrected chi connectivity index (χ2v) is 8.23. The van der Waals surface area contributed by atoms with E-state index >= 15 is 0 Å². The van der Waals surface area contributed by atoms with Gasteiger partial charge in [0.15, 0.2) is 5.58 Å². The minimum atomic E-state index is -0.608. The van der Waals surface area contributed by atoms with Crippen LogP contribution in [0.5, 0.6) is 0 Å². The summed E-state index contributed by atoms with van der Waals surface area (Å²) in [5.41, 5.74) is 2.11. The van der Waals surface area contributed by atoms with E-state index in [9.17, 15) is 19.7 Å². The molecule has 0 spiro atoms. The predicted octanol–water partition coefficient (Wildman–Crippen LogP) is 4.57. The number of halogens is 1. The molecule has 10 heteroatoms. The Bertz CT molecular complexity index is 1210. The quantitative estimate of drug-likeness (QED) is 0.410. The summed E-state index contributed by atoms with van der Waals surface area (Å²) in [5.74, 6) is -0.787. The summed E-state index contributed by atoms with van der Waals surface area (Å²) in [7, 11) is 0. The number of amides is 1. The first-order chi connectivity index (χ1) is 15.4. The van der Waals surface area contributed by atoms with Crippen molar-refractivity contribution in [3.05, 3.63) is 62.1 Å². The molecule has 4 rings (SSSR count). The fraction of sp³-hybridized carbons (Fsp3) is 0.364. The van der Waals surface area contributed by atoms with Crippen molar-refractivity contribution in [2.75, 3.05) is 23.3 Å². The van der Waals surface area contributed by atoms with Crippen LogP contribution in [0.25, 0.3) is 11.1 Å². The van der Waals surface area contributed by atoms with Gasteiger partial charge < -0.3 is 14.6 Å². The van der Waals surface area contributed by atoms with Crippen LogP contribution in [0.15, 0.2) is 45.6 Å². The van der Waals surface area contributed by atoms with Gasteiger partial charge in [-0.05, 0) is 49.9 Å². The molecular formula is C22H23ClN4O5. The van der Waals surface area contributed by atoms with Crippen molar-refractivity contribution in [1.82, 2.24) is 4.57 Å². The number of benzene rings is 2. The molecule has 1 saturated heterocycles. The van der Waals surface area contributed by atoms with Crippen molar-refractivity contribution in [2.45, 2.75) is 38.6 Å². The zero-order valence-electron chi connectivity index (χ0n) is 17.4. The van der Waals surface area contributed by atoms with Crippen LogP contribution in [-0.4, -0.2) is 28.5 Å². The van der Waals surface area contributed by atoms with Crippen molar-refractivity contribution in [2.24, 2.45) is 0 Å². The SMILES string of the molecule is O=C(CCCn1c(=O)oc2cc([N+](=O)[O-])ccc21)Nc1cc(Cl)ccc1N1CCCCC1. The number of hydrogen-bond donors (Lipinski definition) is 1. The van der Waals surface area contributed by atoms with Crippen molar-refractivity contribution >= 4 is 45.7 Å². The van der Waals surface area contributed by atoms with Crippen molar-refractivity contribution in [3.8, 4) is 0 Å². The average molecular weight is 459 g/mol. The maximum atomic E-state index is 12.6. The molecule has 0 bridgehead atoms. The molecule has 0 atom stereocenters. The molecule has 1 aromatic heterocycles. The monoisotopic (exact) mass is 458 g/mol. The maximum Gasteiger partial charge on any atom is 0.419 e. The molecule has 2 aromatic carbocycles. The fourth-order valence-corrected chi connectivity index (χ4v) is 4.18. The normalized spacial score (nSPS) is 14.0. The number of nitro benzene ring substituents is 1. The van der Waals surface area contributed by atoms with E-state index in [-0.39, 0.29) is 30.1 Å². The van der Waals surface area contributed by atoms with E-state index in [0.29, 0.717) is 22.6 Å². The van der Waals surface area contributed by atoms with Gasteiger partial charge >= 0.3 is 5.76 Å². The molecule has 1 fully saturated rings. The lowest BCUT2D eigenvalue weighted by Crippen LogP contribution is -2.30. The van der Waals surface area contributed by atoms with Gasteiger partial charge in [-0.3, -0.25) is 19.5 Å². The van der Waals surface area contributed by atoms with Gasteiger partial charge in [0.05, 0.1) is 27.9 Å². The lowest BCUT2D eigenvalue weighted by molar-refractivity contribution is -0.384. The van der Waals surface area contributed by atoms with Crippen molar-refractivity contribution in [3.63, 3.8) is 0 Å².